The Labute approximate surface area is 179 Å². The molecular weight excluding hydrogens is 407 g/mol. The van der Waals surface area contributed by atoms with E-state index in [1.165, 1.54) is 0 Å². The average Bonchev–Trinajstić information content (AvgIpc) is 3.21. The summed E-state index contributed by atoms with van der Waals surface area (Å²) < 4.78 is 12.4. The van der Waals surface area contributed by atoms with Crippen LogP contribution in [0.5, 0.6) is 11.5 Å². The van der Waals surface area contributed by atoms with Gasteiger partial charge in [0.1, 0.15) is 11.5 Å². The molecule has 4 rings (SSSR count). The molecule has 0 saturated heterocycles. The van der Waals surface area contributed by atoms with Crippen molar-refractivity contribution in [1.82, 2.24) is 9.78 Å². The summed E-state index contributed by atoms with van der Waals surface area (Å²) in [7, 11) is 3.30. The smallest absolute Gasteiger partial charge is 0.118 e. The predicted octanol–water partition coefficient (Wildman–Crippen LogP) is 6.53. The zero-order chi connectivity index (χ0) is 20.4. The minimum Gasteiger partial charge on any atom is -0.497 e. The van der Waals surface area contributed by atoms with Crippen LogP contribution >= 0.6 is 23.2 Å². The molecule has 0 atom stereocenters. The lowest BCUT2D eigenvalue weighted by molar-refractivity contribution is 0.414. The van der Waals surface area contributed by atoms with Gasteiger partial charge in [0.05, 0.1) is 41.3 Å². The summed E-state index contributed by atoms with van der Waals surface area (Å²) in [5.74, 6) is 1.60. The number of rotatable bonds is 5. The topological polar surface area (TPSA) is 36.3 Å². The van der Waals surface area contributed by atoms with E-state index in [1.54, 1.807) is 20.3 Å². The van der Waals surface area contributed by atoms with Crippen LogP contribution in [0.1, 0.15) is 0 Å². The largest absolute Gasteiger partial charge is 0.497 e. The van der Waals surface area contributed by atoms with Gasteiger partial charge in [-0.2, -0.15) is 5.10 Å². The van der Waals surface area contributed by atoms with Gasteiger partial charge in [0.2, 0.25) is 0 Å². The van der Waals surface area contributed by atoms with Gasteiger partial charge in [0.25, 0.3) is 0 Å². The molecular formula is C23H18Cl2N2O2. The van der Waals surface area contributed by atoms with E-state index in [2.05, 4.69) is 0 Å². The lowest BCUT2D eigenvalue weighted by Crippen LogP contribution is -1.99. The monoisotopic (exact) mass is 424 g/mol. The van der Waals surface area contributed by atoms with Crippen molar-refractivity contribution in [3.05, 3.63) is 82.8 Å². The highest BCUT2D eigenvalue weighted by atomic mass is 35.5. The molecule has 0 unspecified atom stereocenters. The van der Waals surface area contributed by atoms with Crippen LogP contribution in [-0.2, 0) is 0 Å². The molecule has 29 heavy (non-hydrogen) atoms. The van der Waals surface area contributed by atoms with E-state index >= 15 is 0 Å². The van der Waals surface area contributed by atoms with Gasteiger partial charge in [-0.15, -0.1) is 0 Å². The number of hydrogen-bond donors (Lipinski definition) is 0. The molecule has 146 valence electrons. The number of benzene rings is 3. The minimum atomic E-state index is 0.478. The third-order valence-electron chi connectivity index (χ3n) is 4.63. The van der Waals surface area contributed by atoms with Gasteiger partial charge < -0.3 is 9.47 Å². The SMILES string of the molecule is COc1ccc(-c2cc(-c3ccc(OC)cc3)n(-c3ccc(Cl)c(Cl)c3)n2)cc1. The van der Waals surface area contributed by atoms with Crippen LogP contribution in [-0.4, -0.2) is 24.0 Å². The van der Waals surface area contributed by atoms with E-state index < -0.39 is 0 Å². The lowest BCUT2D eigenvalue weighted by atomic mass is 10.1. The van der Waals surface area contributed by atoms with E-state index in [4.69, 9.17) is 37.8 Å². The van der Waals surface area contributed by atoms with Gasteiger partial charge in [-0.1, -0.05) is 23.2 Å². The molecule has 0 aliphatic carbocycles. The van der Waals surface area contributed by atoms with Crippen LogP contribution in [0.15, 0.2) is 72.8 Å². The van der Waals surface area contributed by atoms with Gasteiger partial charge in [0, 0.05) is 11.1 Å². The van der Waals surface area contributed by atoms with E-state index in [0.717, 1.165) is 39.7 Å². The molecule has 0 aliphatic heterocycles. The van der Waals surface area contributed by atoms with Gasteiger partial charge in [-0.25, -0.2) is 4.68 Å². The zero-order valence-corrected chi connectivity index (χ0v) is 17.4. The van der Waals surface area contributed by atoms with Crippen molar-refractivity contribution in [3.8, 4) is 39.7 Å². The summed E-state index contributed by atoms with van der Waals surface area (Å²) in [5.41, 5.74) is 4.58. The molecule has 0 fully saturated rings. The lowest BCUT2D eigenvalue weighted by Gasteiger charge is -2.09. The molecule has 0 N–H and O–H groups in total. The molecule has 6 heteroatoms. The molecule has 0 radical (unpaired) electrons. The van der Waals surface area contributed by atoms with Crippen LogP contribution in [0, 0.1) is 0 Å². The maximum absolute atomic E-state index is 6.26. The minimum absolute atomic E-state index is 0.478. The fourth-order valence-electron chi connectivity index (χ4n) is 3.06. The first-order valence-electron chi connectivity index (χ1n) is 8.93. The Kier molecular flexibility index (Phi) is 5.47. The average molecular weight is 425 g/mol. The second-order valence-electron chi connectivity index (χ2n) is 6.38. The third kappa shape index (κ3) is 3.95. The van der Waals surface area contributed by atoms with E-state index in [9.17, 15) is 0 Å². The van der Waals surface area contributed by atoms with Crippen LogP contribution in [0.25, 0.3) is 28.2 Å². The van der Waals surface area contributed by atoms with Crippen molar-refractivity contribution in [2.45, 2.75) is 0 Å². The van der Waals surface area contributed by atoms with Crippen LogP contribution in [0.2, 0.25) is 10.0 Å². The second kappa shape index (κ2) is 8.19. The fraction of sp³-hybridized carbons (Fsp3) is 0.0870. The van der Waals surface area contributed by atoms with Crippen molar-refractivity contribution >= 4 is 23.2 Å². The maximum Gasteiger partial charge on any atom is 0.118 e. The number of nitrogens with zero attached hydrogens (tertiary/aromatic N) is 2. The molecule has 0 aliphatic rings. The van der Waals surface area contributed by atoms with Crippen molar-refractivity contribution in [2.75, 3.05) is 14.2 Å². The van der Waals surface area contributed by atoms with Crippen molar-refractivity contribution in [2.24, 2.45) is 0 Å². The Bertz CT molecular complexity index is 1140. The quantitative estimate of drug-likeness (QED) is 0.365. The van der Waals surface area contributed by atoms with E-state index in [1.807, 2.05) is 71.4 Å². The van der Waals surface area contributed by atoms with Crippen molar-refractivity contribution < 1.29 is 9.47 Å². The molecule has 0 spiro atoms. The number of methoxy groups -OCH3 is 2. The highest BCUT2D eigenvalue weighted by Crippen LogP contribution is 2.32. The Morgan fingerprint density at radius 3 is 1.83 bits per heavy atom. The van der Waals surface area contributed by atoms with Crippen molar-refractivity contribution in [3.63, 3.8) is 0 Å². The Hall–Kier alpha value is -2.95. The standard InChI is InChI=1S/C23H18Cl2N2O2/c1-28-18-8-3-15(4-9-18)22-14-23(16-5-10-19(29-2)11-6-16)27(26-22)17-7-12-20(24)21(25)13-17/h3-14H,1-2H3. The normalized spacial score (nSPS) is 10.8. The maximum atomic E-state index is 6.26. The molecule has 0 amide bonds. The first-order valence-corrected chi connectivity index (χ1v) is 9.69. The molecule has 4 nitrogen and oxygen atoms in total. The summed E-state index contributed by atoms with van der Waals surface area (Å²) >= 11 is 12.4. The fourth-order valence-corrected chi connectivity index (χ4v) is 3.36. The Morgan fingerprint density at radius 2 is 1.28 bits per heavy atom. The predicted molar refractivity (Wildman–Crippen MR) is 118 cm³/mol. The molecule has 1 heterocycles. The van der Waals surface area contributed by atoms with Crippen LogP contribution in [0.4, 0.5) is 0 Å². The summed E-state index contributed by atoms with van der Waals surface area (Å²) in [5, 5.41) is 5.82. The molecule has 3 aromatic carbocycles. The first-order chi connectivity index (χ1) is 14.1. The Morgan fingerprint density at radius 1 is 0.690 bits per heavy atom. The summed E-state index contributed by atoms with van der Waals surface area (Å²) in [6.07, 6.45) is 0. The number of halogens is 2. The van der Waals surface area contributed by atoms with Gasteiger partial charge in [0.15, 0.2) is 0 Å². The van der Waals surface area contributed by atoms with Gasteiger partial charge in [-0.3, -0.25) is 0 Å². The van der Waals surface area contributed by atoms with Gasteiger partial charge in [-0.05, 0) is 72.8 Å². The van der Waals surface area contributed by atoms with Crippen LogP contribution in [0.3, 0.4) is 0 Å². The third-order valence-corrected chi connectivity index (χ3v) is 5.37. The molecule has 4 aromatic rings. The number of ether oxygens (including phenoxy) is 2. The highest BCUT2D eigenvalue weighted by Gasteiger charge is 2.14. The number of hydrogen-bond acceptors (Lipinski definition) is 3. The molecule has 0 bridgehead atoms. The first kappa shape index (κ1) is 19.4. The van der Waals surface area contributed by atoms with Crippen LogP contribution < -0.4 is 9.47 Å². The van der Waals surface area contributed by atoms with E-state index in [-0.39, 0.29) is 0 Å². The van der Waals surface area contributed by atoms with Crippen molar-refractivity contribution in [1.29, 1.82) is 0 Å². The summed E-state index contributed by atoms with van der Waals surface area (Å²) in [6, 6.07) is 23.2. The number of aromatic nitrogens is 2. The molecule has 1 aromatic heterocycles. The zero-order valence-electron chi connectivity index (χ0n) is 15.9. The molecule has 0 saturated carbocycles. The van der Waals surface area contributed by atoms with E-state index in [0.29, 0.717) is 10.0 Å². The van der Waals surface area contributed by atoms with Gasteiger partial charge >= 0.3 is 0 Å². The Balaban J connectivity index is 1.86. The summed E-state index contributed by atoms with van der Waals surface area (Å²) in [4.78, 5) is 0. The highest BCUT2D eigenvalue weighted by molar-refractivity contribution is 6.42. The second-order valence-corrected chi connectivity index (χ2v) is 7.20. The summed E-state index contributed by atoms with van der Waals surface area (Å²) in [6.45, 7) is 0.